The third-order valence-corrected chi connectivity index (χ3v) is 6.77. The van der Waals surface area contributed by atoms with Gasteiger partial charge in [0.05, 0.1) is 31.5 Å². The molecule has 8 heteroatoms. The second kappa shape index (κ2) is 9.55. The molecule has 2 aromatic rings. The quantitative estimate of drug-likeness (QED) is 0.565. The fraction of sp³-hybridized carbons (Fsp3) is 0.381. The molecule has 3 rings (SSSR count). The summed E-state index contributed by atoms with van der Waals surface area (Å²) in [5, 5.41) is 12.3. The van der Waals surface area contributed by atoms with E-state index < -0.39 is 13.3 Å². The Morgan fingerprint density at radius 3 is 2.38 bits per heavy atom. The topological polar surface area (TPSA) is 105 Å². The van der Waals surface area contributed by atoms with Crippen LogP contribution in [0.25, 0.3) is 0 Å². The predicted molar refractivity (Wildman–Crippen MR) is 110 cm³/mol. The predicted octanol–water partition coefficient (Wildman–Crippen LogP) is 2.76. The van der Waals surface area contributed by atoms with E-state index in [0.29, 0.717) is 25.3 Å². The lowest BCUT2D eigenvalue weighted by Crippen LogP contribution is -2.48. The van der Waals surface area contributed by atoms with Crippen molar-refractivity contribution in [3.63, 3.8) is 0 Å². The van der Waals surface area contributed by atoms with E-state index in [4.69, 9.17) is 14.6 Å². The van der Waals surface area contributed by atoms with Crippen LogP contribution in [-0.2, 0) is 21.9 Å². The summed E-state index contributed by atoms with van der Waals surface area (Å²) in [7, 11) is -1.79. The van der Waals surface area contributed by atoms with Crippen LogP contribution >= 0.6 is 7.37 Å². The molecular weight excluding hydrogens is 393 g/mol. The SMILES string of the molecule is COc1ccc(CP(=O)(O)CC2CNC(Cc3ccc(C(=O)O)cc3)CO2)cc1. The molecule has 0 aromatic heterocycles. The second-order valence-electron chi connectivity index (χ2n) is 7.30. The van der Waals surface area contributed by atoms with Gasteiger partial charge in [0.15, 0.2) is 0 Å². The molecule has 1 heterocycles. The summed E-state index contributed by atoms with van der Waals surface area (Å²) in [4.78, 5) is 21.3. The van der Waals surface area contributed by atoms with Crippen LogP contribution in [0.15, 0.2) is 48.5 Å². The standard InChI is InChI=1S/C21H26NO6P/c1-27-19-8-4-16(5-9-19)13-29(25,26)14-20-11-22-18(12-28-20)10-15-2-6-17(7-3-15)21(23)24/h2-9,18,20,22H,10-14H2,1H3,(H,23,24)(H,25,26). The highest BCUT2D eigenvalue weighted by molar-refractivity contribution is 7.57. The fourth-order valence-corrected chi connectivity index (χ4v) is 5.16. The van der Waals surface area contributed by atoms with Crippen molar-refractivity contribution in [3.05, 3.63) is 65.2 Å². The van der Waals surface area contributed by atoms with Crippen molar-refractivity contribution in [3.8, 4) is 5.75 Å². The molecule has 0 radical (unpaired) electrons. The number of carboxylic acids is 1. The van der Waals surface area contributed by atoms with Gasteiger partial charge in [-0.25, -0.2) is 4.79 Å². The number of methoxy groups -OCH3 is 1. The van der Waals surface area contributed by atoms with Gasteiger partial charge in [-0.05, 0) is 41.8 Å². The van der Waals surface area contributed by atoms with Crippen molar-refractivity contribution in [2.45, 2.75) is 24.7 Å². The average Bonchev–Trinajstić information content (AvgIpc) is 2.70. The van der Waals surface area contributed by atoms with Gasteiger partial charge in [0.1, 0.15) is 5.75 Å². The summed E-state index contributed by atoms with van der Waals surface area (Å²) >= 11 is 0. The van der Waals surface area contributed by atoms with Gasteiger partial charge in [0.25, 0.3) is 0 Å². The lowest BCUT2D eigenvalue weighted by atomic mass is 10.0. The normalized spacial score (nSPS) is 21.3. The molecule has 1 aliphatic rings. The zero-order valence-electron chi connectivity index (χ0n) is 16.3. The number of hydrogen-bond acceptors (Lipinski definition) is 5. The van der Waals surface area contributed by atoms with Crippen LogP contribution in [0.1, 0.15) is 21.5 Å². The van der Waals surface area contributed by atoms with Crippen LogP contribution in [0.5, 0.6) is 5.75 Å². The van der Waals surface area contributed by atoms with E-state index >= 15 is 0 Å². The van der Waals surface area contributed by atoms with Crippen LogP contribution in [-0.4, -0.2) is 54.5 Å². The molecule has 1 fully saturated rings. The smallest absolute Gasteiger partial charge is 0.335 e. The van der Waals surface area contributed by atoms with Crippen molar-refractivity contribution >= 4 is 13.3 Å². The first-order chi connectivity index (χ1) is 13.8. The molecule has 0 aliphatic carbocycles. The molecular formula is C21H26NO6P. The molecule has 3 atom stereocenters. The fourth-order valence-electron chi connectivity index (χ4n) is 3.38. The van der Waals surface area contributed by atoms with Crippen molar-refractivity contribution in [2.24, 2.45) is 0 Å². The number of hydrogen-bond donors (Lipinski definition) is 3. The molecule has 7 nitrogen and oxygen atoms in total. The van der Waals surface area contributed by atoms with Gasteiger partial charge < -0.3 is 24.8 Å². The molecule has 29 heavy (non-hydrogen) atoms. The first-order valence-electron chi connectivity index (χ1n) is 9.45. The third kappa shape index (κ3) is 6.41. The van der Waals surface area contributed by atoms with E-state index in [1.165, 1.54) is 0 Å². The zero-order valence-corrected chi connectivity index (χ0v) is 17.2. The molecule has 0 spiro atoms. The minimum absolute atomic E-state index is 0.0848. The number of morpholine rings is 1. The van der Waals surface area contributed by atoms with Gasteiger partial charge >= 0.3 is 5.97 Å². The highest BCUT2D eigenvalue weighted by atomic mass is 31.2. The third-order valence-electron chi connectivity index (χ3n) is 4.93. The lowest BCUT2D eigenvalue weighted by molar-refractivity contribution is 0.0162. The largest absolute Gasteiger partial charge is 0.497 e. The minimum atomic E-state index is -3.37. The van der Waals surface area contributed by atoms with E-state index in [-0.39, 0.29) is 30.0 Å². The Morgan fingerprint density at radius 1 is 1.17 bits per heavy atom. The van der Waals surface area contributed by atoms with Crippen LogP contribution in [0.4, 0.5) is 0 Å². The van der Waals surface area contributed by atoms with Crippen LogP contribution < -0.4 is 10.1 Å². The van der Waals surface area contributed by atoms with Gasteiger partial charge in [-0.3, -0.25) is 4.57 Å². The summed E-state index contributed by atoms with van der Waals surface area (Å²) in [6.07, 6.45) is 0.604. The molecule has 3 unspecified atom stereocenters. The number of carboxylic acid groups (broad SMARTS) is 1. The van der Waals surface area contributed by atoms with E-state index in [2.05, 4.69) is 5.32 Å². The first-order valence-corrected chi connectivity index (χ1v) is 11.5. The lowest BCUT2D eigenvalue weighted by Gasteiger charge is -2.31. The van der Waals surface area contributed by atoms with Crippen molar-refractivity contribution in [1.29, 1.82) is 0 Å². The van der Waals surface area contributed by atoms with Crippen molar-refractivity contribution in [1.82, 2.24) is 5.32 Å². The summed E-state index contributed by atoms with van der Waals surface area (Å²) in [5.74, 6) is -0.230. The van der Waals surface area contributed by atoms with Gasteiger partial charge in [0.2, 0.25) is 7.37 Å². The highest BCUT2D eigenvalue weighted by Gasteiger charge is 2.29. The number of aromatic carboxylic acids is 1. The summed E-state index contributed by atoms with van der Waals surface area (Å²) in [6.45, 7) is 0.943. The number of benzene rings is 2. The maximum Gasteiger partial charge on any atom is 0.335 e. The van der Waals surface area contributed by atoms with Crippen LogP contribution in [0, 0.1) is 0 Å². The van der Waals surface area contributed by atoms with Crippen molar-refractivity contribution < 1.29 is 28.8 Å². The average molecular weight is 419 g/mol. The van der Waals surface area contributed by atoms with Gasteiger partial charge in [0, 0.05) is 18.7 Å². The Morgan fingerprint density at radius 2 is 1.83 bits per heavy atom. The van der Waals surface area contributed by atoms with Crippen LogP contribution in [0.2, 0.25) is 0 Å². The number of carbonyl (C=O) groups is 1. The van der Waals surface area contributed by atoms with E-state index in [1.807, 2.05) is 0 Å². The maximum atomic E-state index is 12.6. The summed E-state index contributed by atoms with van der Waals surface area (Å²) in [6, 6.07) is 14.0. The monoisotopic (exact) mass is 419 g/mol. The zero-order chi connectivity index (χ0) is 20.9. The van der Waals surface area contributed by atoms with Gasteiger partial charge in [-0.1, -0.05) is 24.3 Å². The molecule has 156 valence electrons. The molecule has 1 aliphatic heterocycles. The molecule has 0 saturated carbocycles. The minimum Gasteiger partial charge on any atom is -0.497 e. The maximum absolute atomic E-state index is 12.6. The van der Waals surface area contributed by atoms with E-state index in [9.17, 15) is 14.3 Å². The van der Waals surface area contributed by atoms with E-state index in [0.717, 1.165) is 11.1 Å². The van der Waals surface area contributed by atoms with Gasteiger partial charge in [-0.2, -0.15) is 0 Å². The Balaban J connectivity index is 1.46. The second-order valence-corrected chi connectivity index (χ2v) is 9.68. The number of ether oxygens (including phenoxy) is 2. The first kappa shape index (κ1) is 21.5. The Kier molecular flexibility index (Phi) is 7.09. The van der Waals surface area contributed by atoms with Gasteiger partial charge in [-0.15, -0.1) is 0 Å². The summed E-state index contributed by atoms with van der Waals surface area (Å²) in [5.41, 5.74) is 2.07. The van der Waals surface area contributed by atoms with Crippen molar-refractivity contribution in [2.75, 3.05) is 26.4 Å². The Hall–Kier alpha value is -2.18. The number of rotatable bonds is 8. The Labute approximate surface area is 170 Å². The molecule has 1 saturated heterocycles. The molecule has 0 amide bonds. The molecule has 2 aromatic carbocycles. The summed E-state index contributed by atoms with van der Waals surface area (Å²) < 4.78 is 23.6. The number of nitrogens with one attached hydrogen (secondary N) is 1. The molecule has 3 N–H and O–H groups in total. The highest BCUT2D eigenvalue weighted by Crippen LogP contribution is 2.45. The molecule has 0 bridgehead atoms. The van der Waals surface area contributed by atoms with Crippen LogP contribution in [0.3, 0.4) is 0 Å². The Bertz CT molecular complexity index is 860. The van der Waals surface area contributed by atoms with E-state index in [1.54, 1.807) is 55.6 Å².